The fourth-order valence-electron chi connectivity index (χ4n) is 1.30. The van der Waals surface area contributed by atoms with Gasteiger partial charge in [-0.15, -0.1) is 0 Å². The number of carboxylic acids is 1. The van der Waals surface area contributed by atoms with E-state index in [1.807, 2.05) is 0 Å². The number of urea groups is 1. The molecule has 7 heteroatoms. The molecule has 0 aromatic heterocycles. The number of carbonyl (C=O) groups is 3. The highest BCUT2D eigenvalue weighted by Gasteiger charge is 2.33. The summed E-state index contributed by atoms with van der Waals surface area (Å²) in [5.74, 6) is -1.47. The molecule has 0 bridgehead atoms. The Morgan fingerprint density at radius 2 is 1.61 bits per heavy atom. The standard InChI is InChI=1S/C11H21N3O4/c1-6(8(15)12-5)13-10(18)14-7(9(16)17)11(2,3)4/h6-7H,1-5H3,(H,12,15)(H,16,17)(H2,13,14,18)/t6?,7-/m1/s1. The van der Waals surface area contributed by atoms with Crippen LogP contribution < -0.4 is 16.0 Å². The number of hydrogen-bond donors (Lipinski definition) is 4. The van der Waals surface area contributed by atoms with Crippen LogP contribution >= 0.6 is 0 Å². The summed E-state index contributed by atoms with van der Waals surface area (Å²) >= 11 is 0. The van der Waals surface area contributed by atoms with Crippen molar-refractivity contribution in [2.45, 2.75) is 39.8 Å². The van der Waals surface area contributed by atoms with Gasteiger partial charge in [-0.2, -0.15) is 0 Å². The molecule has 0 aliphatic carbocycles. The predicted molar refractivity (Wildman–Crippen MR) is 66.1 cm³/mol. The summed E-state index contributed by atoms with van der Waals surface area (Å²) in [7, 11) is 1.45. The summed E-state index contributed by atoms with van der Waals surface area (Å²) in [4.78, 5) is 33.8. The Hall–Kier alpha value is -1.79. The van der Waals surface area contributed by atoms with E-state index in [1.165, 1.54) is 14.0 Å². The molecule has 4 N–H and O–H groups in total. The molecule has 0 heterocycles. The zero-order chi connectivity index (χ0) is 14.5. The molecule has 18 heavy (non-hydrogen) atoms. The second-order valence-electron chi connectivity index (χ2n) is 5.09. The lowest BCUT2D eigenvalue weighted by molar-refractivity contribution is -0.141. The maximum absolute atomic E-state index is 11.6. The first-order chi connectivity index (χ1) is 8.09. The number of carboxylic acid groups (broad SMARTS) is 1. The van der Waals surface area contributed by atoms with Gasteiger partial charge in [0.25, 0.3) is 0 Å². The number of aliphatic carboxylic acids is 1. The Labute approximate surface area is 106 Å². The quantitative estimate of drug-likeness (QED) is 0.566. The molecule has 0 radical (unpaired) electrons. The van der Waals surface area contributed by atoms with Crippen molar-refractivity contribution in [3.05, 3.63) is 0 Å². The van der Waals surface area contributed by atoms with Crippen molar-refractivity contribution in [1.82, 2.24) is 16.0 Å². The molecule has 0 aliphatic rings. The lowest BCUT2D eigenvalue weighted by Gasteiger charge is -2.28. The van der Waals surface area contributed by atoms with E-state index in [-0.39, 0.29) is 5.91 Å². The molecule has 0 fully saturated rings. The maximum atomic E-state index is 11.6. The zero-order valence-corrected chi connectivity index (χ0v) is 11.3. The first-order valence-electron chi connectivity index (χ1n) is 5.61. The van der Waals surface area contributed by atoms with Gasteiger partial charge in [0.05, 0.1) is 0 Å². The van der Waals surface area contributed by atoms with Crippen LogP contribution in [0.4, 0.5) is 4.79 Å². The molecule has 0 rings (SSSR count). The Morgan fingerprint density at radius 3 is 1.94 bits per heavy atom. The van der Waals surface area contributed by atoms with Gasteiger partial charge >= 0.3 is 12.0 Å². The first-order valence-corrected chi connectivity index (χ1v) is 5.61. The second-order valence-corrected chi connectivity index (χ2v) is 5.09. The van der Waals surface area contributed by atoms with Crippen molar-refractivity contribution in [2.24, 2.45) is 5.41 Å². The molecular weight excluding hydrogens is 238 g/mol. The largest absolute Gasteiger partial charge is 0.480 e. The van der Waals surface area contributed by atoms with Crippen LogP contribution in [0.25, 0.3) is 0 Å². The van der Waals surface area contributed by atoms with Gasteiger partial charge in [-0.1, -0.05) is 20.8 Å². The van der Waals surface area contributed by atoms with E-state index in [1.54, 1.807) is 20.8 Å². The van der Waals surface area contributed by atoms with E-state index in [2.05, 4.69) is 16.0 Å². The summed E-state index contributed by atoms with van der Waals surface area (Å²) < 4.78 is 0. The van der Waals surface area contributed by atoms with E-state index >= 15 is 0 Å². The van der Waals surface area contributed by atoms with E-state index in [9.17, 15) is 14.4 Å². The van der Waals surface area contributed by atoms with Crippen molar-refractivity contribution in [3.63, 3.8) is 0 Å². The number of nitrogens with one attached hydrogen (secondary N) is 3. The minimum Gasteiger partial charge on any atom is -0.480 e. The molecule has 0 aliphatic heterocycles. The van der Waals surface area contributed by atoms with Crippen molar-refractivity contribution in [3.8, 4) is 0 Å². The highest BCUT2D eigenvalue weighted by molar-refractivity contribution is 5.88. The lowest BCUT2D eigenvalue weighted by atomic mass is 9.87. The van der Waals surface area contributed by atoms with Gasteiger partial charge in [0.1, 0.15) is 12.1 Å². The van der Waals surface area contributed by atoms with Gasteiger partial charge < -0.3 is 21.1 Å². The number of rotatable bonds is 4. The van der Waals surface area contributed by atoms with E-state index in [0.717, 1.165) is 0 Å². The Bertz CT molecular complexity index is 336. The van der Waals surface area contributed by atoms with Crippen LogP contribution in [-0.2, 0) is 9.59 Å². The highest BCUT2D eigenvalue weighted by atomic mass is 16.4. The molecule has 0 saturated carbocycles. The van der Waals surface area contributed by atoms with Crippen molar-refractivity contribution in [1.29, 1.82) is 0 Å². The first kappa shape index (κ1) is 16.2. The fourth-order valence-corrected chi connectivity index (χ4v) is 1.30. The summed E-state index contributed by atoms with van der Waals surface area (Å²) in [6.45, 7) is 6.61. The number of carbonyl (C=O) groups excluding carboxylic acids is 2. The second kappa shape index (κ2) is 6.23. The molecule has 0 aromatic rings. The fraction of sp³-hybridized carbons (Fsp3) is 0.727. The molecule has 2 atom stereocenters. The third kappa shape index (κ3) is 5.03. The van der Waals surface area contributed by atoms with Gasteiger partial charge in [-0.3, -0.25) is 4.79 Å². The lowest BCUT2D eigenvalue weighted by Crippen LogP contribution is -2.55. The van der Waals surface area contributed by atoms with Crippen molar-refractivity contribution < 1.29 is 19.5 Å². The predicted octanol–water partition coefficient (Wildman–Crippen LogP) is -0.0806. The van der Waals surface area contributed by atoms with Gasteiger partial charge in [0, 0.05) is 7.05 Å². The van der Waals surface area contributed by atoms with Crippen LogP contribution in [0.3, 0.4) is 0 Å². The van der Waals surface area contributed by atoms with E-state index < -0.39 is 29.5 Å². The van der Waals surface area contributed by atoms with Gasteiger partial charge in [0.15, 0.2) is 0 Å². The number of likely N-dealkylation sites (N-methyl/N-ethyl adjacent to an activating group) is 1. The minimum atomic E-state index is -1.12. The number of hydrogen-bond acceptors (Lipinski definition) is 3. The van der Waals surface area contributed by atoms with E-state index in [0.29, 0.717) is 0 Å². The van der Waals surface area contributed by atoms with Crippen LogP contribution in [0, 0.1) is 5.41 Å². The smallest absolute Gasteiger partial charge is 0.326 e. The summed E-state index contributed by atoms with van der Waals surface area (Å²) in [6.07, 6.45) is 0. The van der Waals surface area contributed by atoms with Gasteiger partial charge in [0.2, 0.25) is 5.91 Å². The average molecular weight is 259 g/mol. The van der Waals surface area contributed by atoms with Crippen LogP contribution in [0.1, 0.15) is 27.7 Å². The number of amides is 3. The molecule has 1 unspecified atom stereocenters. The van der Waals surface area contributed by atoms with Crippen LogP contribution in [0.15, 0.2) is 0 Å². The maximum Gasteiger partial charge on any atom is 0.326 e. The monoisotopic (exact) mass is 259 g/mol. The average Bonchev–Trinajstić information content (AvgIpc) is 2.22. The minimum absolute atomic E-state index is 0.354. The van der Waals surface area contributed by atoms with Crippen molar-refractivity contribution in [2.75, 3.05) is 7.05 Å². The SMILES string of the molecule is CNC(=O)C(C)NC(=O)N[C@H](C(=O)O)C(C)(C)C. The van der Waals surface area contributed by atoms with Gasteiger partial charge in [-0.25, -0.2) is 9.59 Å². The molecule has 7 nitrogen and oxygen atoms in total. The third-order valence-electron chi connectivity index (χ3n) is 2.38. The molecule has 0 aromatic carbocycles. The molecule has 104 valence electrons. The molecular formula is C11H21N3O4. The third-order valence-corrected chi connectivity index (χ3v) is 2.38. The Kier molecular flexibility index (Phi) is 5.61. The molecule has 3 amide bonds. The normalized spacial score (nSPS) is 14.3. The molecule has 0 saturated heterocycles. The summed E-state index contributed by atoms with van der Waals surface area (Å²) in [6, 6.07) is -2.45. The highest BCUT2D eigenvalue weighted by Crippen LogP contribution is 2.19. The van der Waals surface area contributed by atoms with Crippen LogP contribution in [0.2, 0.25) is 0 Å². The van der Waals surface area contributed by atoms with Crippen LogP contribution in [0.5, 0.6) is 0 Å². The Balaban J connectivity index is 4.54. The summed E-state index contributed by atoms with van der Waals surface area (Å²) in [5, 5.41) is 16.1. The van der Waals surface area contributed by atoms with Gasteiger partial charge in [-0.05, 0) is 12.3 Å². The topological polar surface area (TPSA) is 108 Å². The Morgan fingerprint density at radius 1 is 1.11 bits per heavy atom. The summed E-state index contributed by atoms with van der Waals surface area (Å²) in [5.41, 5.74) is -0.626. The van der Waals surface area contributed by atoms with Crippen molar-refractivity contribution >= 4 is 17.9 Å². The zero-order valence-electron chi connectivity index (χ0n) is 11.3. The van der Waals surface area contributed by atoms with E-state index in [4.69, 9.17) is 5.11 Å². The molecule has 0 spiro atoms. The van der Waals surface area contributed by atoms with Crippen LogP contribution in [-0.4, -0.2) is 42.1 Å².